The molecule has 2 N–H and O–H groups in total. The van der Waals surface area contributed by atoms with Gasteiger partial charge in [0.1, 0.15) is 0 Å². The van der Waals surface area contributed by atoms with Gasteiger partial charge in [0, 0.05) is 12.6 Å². The standard InChI is InChI=1S/C13H19N3O3/c1-14-8-10-4-2-6-16(10)9-12(17)15-13(18)11-5-3-7-19-11/h3,5,7,10,14H,2,4,6,8-9H2,1H3,(H,15,17,18). The molecule has 0 radical (unpaired) electrons. The molecule has 0 aromatic carbocycles. The van der Waals surface area contributed by atoms with Gasteiger partial charge in [0.05, 0.1) is 12.8 Å². The van der Waals surface area contributed by atoms with E-state index in [1.165, 1.54) is 12.3 Å². The number of carbonyl (C=O) groups is 2. The Morgan fingerprint density at radius 3 is 3.05 bits per heavy atom. The van der Waals surface area contributed by atoms with Gasteiger partial charge in [-0.3, -0.25) is 19.8 Å². The number of rotatable bonds is 5. The molecule has 104 valence electrons. The number of furan rings is 1. The Morgan fingerprint density at radius 2 is 2.37 bits per heavy atom. The van der Waals surface area contributed by atoms with Crippen molar-refractivity contribution in [1.82, 2.24) is 15.5 Å². The number of likely N-dealkylation sites (N-methyl/N-ethyl adjacent to an activating group) is 1. The van der Waals surface area contributed by atoms with Gasteiger partial charge in [-0.15, -0.1) is 0 Å². The van der Waals surface area contributed by atoms with E-state index in [4.69, 9.17) is 4.42 Å². The van der Waals surface area contributed by atoms with Crippen molar-refractivity contribution in [3.63, 3.8) is 0 Å². The first-order valence-electron chi connectivity index (χ1n) is 6.47. The summed E-state index contributed by atoms with van der Waals surface area (Å²) in [6.45, 7) is 2.01. The molecule has 2 heterocycles. The predicted octanol–water partition coefficient (Wildman–Crippen LogP) is 0.220. The normalized spacial score (nSPS) is 19.5. The summed E-state index contributed by atoms with van der Waals surface area (Å²) in [7, 11) is 1.90. The Bertz CT molecular complexity index is 430. The Balaban J connectivity index is 1.82. The van der Waals surface area contributed by atoms with Gasteiger partial charge in [-0.25, -0.2) is 0 Å². The van der Waals surface area contributed by atoms with Crippen molar-refractivity contribution in [1.29, 1.82) is 0 Å². The average molecular weight is 265 g/mol. The number of likely N-dealkylation sites (tertiary alicyclic amines) is 1. The van der Waals surface area contributed by atoms with E-state index < -0.39 is 5.91 Å². The predicted molar refractivity (Wildman–Crippen MR) is 69.7 cm³/mol. The number of imide groups is 1. The zero-order valence-electron chi connectivity index (χ0n) is 11.0. The maximum absolute atomic E-state index is 11.8. The van der Waals surface area contributed by atoms with E-state index in [1.807, 2.05) is 7.05 Å². The first-order valence-corrected chi connectivity index (χ1v) is 6.47. The maximum Gasteiger partial charge on any atom is 0.293 e. The molecule has 1 saturated heterocycles. The summed E-state index contributed by atoms with van der Waals surface area (Å²) in [6.07, 6.45) is 3.58. The zero-order valence-corrected chi connectivity index (χ0v) is 11.0. The molecule has 6 heteroatoms. The van der Waals surface area contributed by atoms with Gasteiger partial charge in [-0.1, -0.05) is 0 Å². The van der Waals surface area contributed by atoms with Gasteiger partial charge in [0.25, 0.3) is 5.91 Å². The molecule has 0 saturated carbocycles. The van der Waals surface area contributed by atoms with Crippen LogP contribution in [0.2, 0.25) is 0 Å². The summed E-state index contributed by atoms with van der Waals surface area (Å²) < 4.78 is 4.94. The molecule has 0 spiro atoms. The van der Waals surface area contributed by atoms with Crippen molar-refractivity contribution < 1.29 is 14.0 Å². The van der Waals surface area contributed by atoms with Crippen LogP contribution >= 0.6 is 0 Å². The summed E-state index contributed by atoms with van der Waals surface area (Å²) in [6, 6.07) is 3.51. The molecule has 1 aromatic heterocycles. The van der Waals surface area contributed by atoms with Gasteiger partial charge in [0.2, 0.25) is 5.91 Å². The zero-order chi connectivity index (χ0) is 13.7. The van der Waals surface area contributed by atoms with Crippen molar-refractivity contribution in [2.24, 2.45) is 0 Å². The minimum absolute atomic E-state index is 0.154. The SMILES string of the molecule is CNCC1CCCN1CC(=O)NC(=O)c1ccco1. The van der Waals surface area contributed by atoms with E-state index in [0.29, 0.717) is 6.04 Å². The van der Waals surface area contributed by atoms with E-state index in [1.54, 1.807) is 6.07 Å². The molecule has 1 aliphatic heterocycles. The average Bonchev–Trinajstić information content (AvgIpc) is 3.01. The fourth-order valence-corrected chi connectivity index (χ4v) is 2.39. The summed E-state index contributed by atoms with van der Waals surface area (Å²) in [4.78, 5) is 25.6. The van der Waals surface area contributed by atoms with E-state index in [0.717, 1.165) is 25.9 Å². The van der Waals surface area contributed by atoms with E-state index in [9.17, 15) is 9.59 Å². The third-order valence-corrected chi connectivity index (χ3v) is 3.28. The number of carbonyl (C=O) groups excluding carboxylic acids is 2. The Morgan fingerprint density at radius 1 is 1.53 bits per heavy atom. The molecule has 2 amide bonds. The van der Waals surface area contributed by atoms with Crippen molar-refractivity contribution in [2.75, 3.05) is 26.7 Å². The smallest absolute Gasteiger partial charge is 0.293 e. The highest BCUT2D eigenvalue weighted by Crippen LogP contribution is 2.15. The van der Waals surface area contributed by atoms with Crippen LogP contribution in [-0.2, 0) is 4.79 Å². The van der Waals surface area contributed by atoms with Crippen LogP contribution in [0.25, 0.3) is 0 Å². The fraction of sp³-hybridized carbons (Fsp3) is 0.538. The molecular formula is C13H19N3O3. The highest BCUT2D eigenvalue weighted by molar-refractivity contribution is 6.03. The van der Waals surface area contributed by atoms with Crippen LogP contribution in [0.3, 0.4) is 0 Å². The Kier molecular flexibility index (Phi) is 4.70. The van der Waals surface area contributed by atoms with E-state index >= 15 is 0 Å². The lowest BCUT2D eigenvalue weighted by Gasteiger charge is -2.23. The van der Waals surface area contributed by atoms with Crippen LogP contribution in [0.5, 0.6) is 0 Å². The highest BCUT2D eigenvalue weighted by atomic mass is 16.3. The second kappa shape index (κ2) is 6.49. The number of nitrogens with one attached hydrogen (secondary N) is 2. The van der Waals surface area contributed by atoms with Crippen LogP contribution < -0.4 is 10.6 Å². The third kappa shape index (κ3) is 3.65. The van der Waals surface area contributed by atoms with Crippen LogP contribution in [0.4, 0.5) is 0 Å². The van der Waals surface area contributed by atoms with Crippen molar-refractivity contribution in [3.05, 3.63) is 24.2 Å². The molecule has 1 unspecified atom stereocenters. The molecule has 0 aliphatic carbocycles. The van der Waals surface area contributed by atoms with Crippen molar-refractivity contribution >= 4 is 11.8 Å². The molecule has 1 aromatic rings. The highest BCUT2D eigenvalue weighted by Gasteiger charge is 2.26. The van der Waals surface area contributed by atoms with Gasteiger partial charge >= 0.3 is 0 Å². The van der Waals surface area contributed by atoms with Crippen LogP contribution in [-0.4, -0.2) is 49.4 Å². The molecule has 1 atom stereocenters. The molecule has 0 bridgehead atoms. The summed E-state index contributed by atoms with van der Waals surface area (Å²) >= 11 is 0. The number of hydrogen-bond acceptors (Lipinski definition) is 5. The Hall–Kier alpha value is -1.66. The molecule has 6 nitrogen and oxygen atoms in total. The summed E-state index contributed by atoms with van der Waals surface area (Å²) in [5.41, 5.74) is 0. The number of hydrogen-bond donors (Lipinski definition) is 2. The van der Waals surface area contributed by atoms with Gasteiger partial charge in [0.15, 0.2) is 5.76 Å². The second-order valence-corrected chi connectivity index (χ2v) is 4.68. The first kappa shape index (κ1) is 13.8. The molecule has 2 rings (SSSR count). The monoisotopic (exact) mass is 265 g/mol. The molecule has 1 aliphatic rings. The number of nitrogens with zero attached hydrogens (tertiary/aromatic N) is 1. The topological polar surface area (TPSA) is 74.6 Å². The largest absolute Gasteiger partial charge is 0.459 e. The Labute approximate surface area is 112 Å². The number of amides is 2. The molecule has 1 fully saturated rings. The lowest BCUT2D eigenvalue weighted by molar-refractivity contribution is -0.121. The lowest BCUT2D eigenvalue weighted by Crippen LogP contribution is -2.44. The van der Waals surface area contributed by atoms with Crippen molar-refractivity contribution in [2.45, 2.75) is 18.9 Å². The third-order valence-electron chi connectivity index (χ3n) is 3.28. The lowest BCUT2D eigenvalue weighted by atomic mass is 10.2. The molecule has 19 heavy (non-hydrogen) atoms. The van der Waals surface area contributed by atoms with Crippen LogP contribution in [0.15, 0.2) is 22.8 Å². The van der Waals surface area contributed by atoms with Crippen LogP contribution in [0.1, 0.15) is 23.4 Å². The summed E-state index contributed by atoms with van der Waals surface area (Å²) in [5.74, 6) is -0.620. The van der Waals surface area contributed by atoms with E-state index in [2.05, 4.69) is 15.5 Å². The maximum atomic E-state index is 11.8. The minimum Gasteiger partial charge on any atom is -0.459 e. The fourth-order valence-electron chi connectivity index (χ4n) is 2.39. The van der Waals surface area contributed by atoms with Gasteiger partial charge in [-0.2, -0.15) is 0 Å². The van der Waals surface area contributed by atoms with Crippen molar-refractivity contribution in [3.8, 4) is 0 Å². The summed E-state index contributed by atoms with van der Waals surface area (Å²) in [5, 5.41) is 5.46. The van der Waals surface area contributed by atoms with Gasteiger partial charge in [-0.05, 0) is 38.6 Å². The van der Waals surface area contributed by atoms with Crippen LogP contribution in [0, 0.1) is 0 Å². The van der Waals surface area contributed by atoms with Gasteiger partial charge < -0.3 is 9.73 Å². The second-order valence-electron chi connectivity index (χ2n) is 4.68. The quantitative estimate of drug-likeness (QED) is 0.796. The molecular weight excluding hydrogens is 246 g/mol. The first-order chi connectivity index (χ1) is 9.20. The van der Waals surface area contributed by atoms with E-state index in [-0.39, 0.29) is 18.2 Å². The minimum atomic E-state index is -0.487.